The van der Waals surface area contributed by atoms with E-state index in [0.29, 0.717) is 11.8 Å². The number of hydrogen-bond acceptors (Lipinski definition) is 1. The first-order valence-corrected chi connectivity index (χ1v) is 5.04. The molecule has 0 aliphatic carbocycles. The average molecular weight is 180 g/mol. The number of benzene rings is 1. The van der Waals surface area contributed by atoms with Crippen molar-refractivity contribution in [2.75, 3.05) is 5.75 Å². The van der Waals surface area contributed by atoms with Gasteiger partial charge in [0, 0.05) is 0 Å². The zero-order chi connectivity index (χ0) is 8.97. The molecule has 0 N–H and O–H groups in total. The van der Waals surface area contributed by atoms with E-state index in [9.17, 15) is 0 Å². The summed E-state index contributed by atoms with van der Waals surface area (Å²) in [5.41, 5.74) is 1.41. The summed E-state index contributed by atoms with van der Waals surface area (Å²) in [6.07, 6.45) is 0. The second-order valence-corrected chi connectivity index (χ2v) is 3.81. The molecule has 1 heteroatoms. The van der Waals surface area contributed by atoms with Gasteiger partial charge in [-0.1, -0.05) is 44.2 Å². The summed E-state index contributed by atoms with van der Waals surface area (Å²) < 4.78 is 0. The van der Waals surface area contributed by atoms with Crippen LogP contribution in [0.5, 0.6) is 0 Å². The van der Waals surface area contributed by atoms with Crippen molar-refractivity contribution < 1.29 is 0 Å². The molecule has 0 heterocycles. The third-order valence-electron chi connectivity index (χ3n) is 2.23. The summed E-state index contributed by atoms with van der Waals surface area (Å²) >= 11 is 4.37. The number of rotatable bonds is 3. The Labute approximate surface area is 80.4 Å². The molecule has 1 atom stereocenters. The second kappa shape index (κ2) is 4.56. The van der Waals surface area contributed by atoms with Crippen LogP contribution >= 0.6 is 12.6 Å². The lowest BCUT2D eigenvalue weighted by Crippen LogP contribution is -2.07. The Hall–Kier alpha value is -0.430. The van der Waals surface area contributed by atoms with E-state index < -0.39 is 0 Å². The molecule has 0 aliphatic heterocycles. The Balaban J connectivity index is 2.80. The molecule has 0 bridgehead atoms. The van der Waals surface area contributed by atoms with E-state index in [4.69, 9.17) is 0 Å². The minimum Gasteiger partial charge on any atom is -0.179 e. The van der Waals surface area contributed by atoms with Crippen LogP contribution in [0.1, 0.15) is 25.3 Å². The van der Waals surface area contributed by atoms with Gasteiger partial charge in [-0.2, -0.15) is 12.6 Å². The van der Waals surface area contributed by atoms with Crippen molar-refractivity contribution in [2.45, 2.75) is 19.8 Å². The molecule has 0 radical (unpaired) electrons. The normalized spacial score (nSPS) is 13.3. The molecular weight excluding hydrogens is 164 g/mol. The maximum Gasteiger partial charge on any atom is -0.00264 e. The van der Waals surface area contributed by atoms with Crippen molar-refractivity contribution in [3.8, 4) is 0 Å². The topological polar surface area (TPSA) is 0 Å². The minimum absolute atomic E-state index is 0.592. The Morgan fingerprint density at radius 2 is 1.75 bits per heavy atom. The van der Waals surface area contributed by atoms with Crippen LogP contribution in [0, 0.1) is 5.92 Å². The fourth-order valence-corrected chi connectivity index (χ4v) is 2.03. The minimum atomic E-state index is 0.592. The fraction of sp³-hybridized carbons (Fsp3) is 0.455. The van der Waals surface area contributed by atoms with E-state index in [1.807, 2.05) is 0 Å². The van der Waals surface area contributed by atoms with Crippen molar-refractivity contribution in [1.82, 2.24) is 0 Å². The summed E-state index contributed by atoms with van der Waals surface area (Å²) in [5.74, 6) is 2.20. The van der Waals surface area contributed by atoms with Crippen LogP contribution in [-0.2, 0) is 0 Å². The summed E-state index contributed by atoms with van der Waals surface area (Å²) in [6.45, 7) is 4.49. The zero-order valence-electron chi connectivity index (χ0n) is 7.70. The van der Waals surface area contributed by atoms with Gasteiger partial charge in [-0.25, -0.2) is 0 Å². The molecule has 0 aromatic heterocycles. The molecule has 12 heavy (non-hydrogen) atoms. The standard InChI is InChI=1S/C11H16S/c1-9(2)11(8-12)10-6-4-3-5-7-10/h3-7,9,11-12H,8H2,1-2H3. The van der Waals surface area contributed by atoms with Gasteiger partial charge in [-0.15, -0.1) is 0 Å². The van der Waals surface area contributed by atoms with Crippen molar-refractivity contribution in [2.24, 2.45) is 5.92 Å². The van der Waals surface area contributed by atoms with Gasteiger partial charge in [0.05, 0.1) is 0 Å². The molecule has 1 aromatic rings. The van der Waals surface area contributed by atoms with Gasteiger partial charge in [-0.05, 0) is 23.2 Å². The van der Waals surface area contributed by atoms with Crippen LogP contribution in [0.4, 0.5) is 0 Å². The molecule has 0 amide bonds. The molecule has 1 rings (SSSR count). The highest BCUT2D eigenvalue weighted by atomic mass is 32.1. The van der Waals surface area contributed by atoms with Crippen molar-refractivity contribution in [1.29, 1.82) is 0 Å². The zero-order valence-corrected chi connectivity index (χ0v) is 8.59. The quantitative estimate of drug-likeness (QED) is 0.677. The summed E-state index contributed by atoms with van der Waals surface area (Å²) in [4.78, 5) is 0. The maximum atomic E-state index is 4.37. The molecule has 1 aromatic carbocycles. The van der Waals surface area contributed by atoms with Crippen LogP contribution in [0.3, 0.4) is 0 Å². The van der Waals surface area contributed by atoms with E-state index >= 15 is 0 Å². The molecule has 0 aliphatic rings. The first-order chi connectivity index (χ1) is 5.75. The van der Waals surface area contributed by atoms with Crippen molar-refractivity contribution in [3.05, 3.63) is 35.9 Å². The maximum absolute atomic E-state index is 4.37. The van der Waals surface area contributed by atoms with Gasteiger partial charge in [0.15, 0.2) is 0 Å². The SMILES string of the molecule is CC(C)C(CS)c1ccccc1. The van der Waals surface area contributed by atoms with Crippen molar-refractivity contribution in [3.63, 3.8) is 0 Å². The van der Waals surface area contributed by atoms with E-state index in [1.165, 1.54) is 5.56 Å². The first-order valence-electron chi connectivity index (χ1n) is 4.41. The van der Waals surface area contributed by atoms with Crippen LogP contribution in [0.2, 0.25) is 0 Å². The Bertz CT molecular complexity index is 216. The lowest BCUT2D eigenvalue weighted by Gasteiger charge is -2.18. The fourth-order valence-electron chi connectivity index (χ4n) is 1.40. The highest BCUT2D eigenvalue weighted by Crippen LogP contribution is 2.24. The molecule has 0 spiro atoms. The largest absolute Gasteiger partial charge is 0.179 e. The monoisotopic (exact) mass is 180 g/mol. The molecule has 0 fully saturated rings. The Morgan fingerprint density at radius 3 is 2.17 bits per heavy atom. The van der Waals surface area contributed by atoms with Gasteiger partial charge in [0.25, 0.3) is 0 Å². The van der Waals surface area contributed by atoms with E-state index in [1.54, 1.807) is 0 Å². The second-order valence-electron chi connectivity index (χ2n) is 3.44. The number of hydrogen-bond donors (Lipinski definition) is 1. The van der Waals surface area contributed by atoms with Gasteiger partial charge in [0.2, 0.25) is 0 Å². The Kier molecular flexibility index (Phi) is 3.67. The summed E-state index contributed by atoms with van der Waals surface area (Å²) in [7, 11) is 0. The van der Waals surface area contributed by atoms with E-state index in [0.717, 1.165) is 5.75 Å². The lowest BCUT2D eigenvalue weighted by atomic mass is 9.90. The Morgan fingerprint density at radius 1 is 1.17 bits per heavy atom. The predicted octanol–water partition coefficient (Wildman–Crippen LogP) is 3.36. The molecule has 66 valence electrons. The van der Waals surface area contributed by atoms with Gasteiger partial charge < -0.3 is 0 Å². The van der Waals surface area contributed by atoms with E-state index in [-0.39, 0.29) is 0 Å². The third kappa shape index (κ3) is 2.28. The van der Waals surface area contributed by atoms with Gasteiger partial charge in [-0.3, -0.25) is 0 Å². The molecule has 0 nitrogen and oxygen atoms in total. The molecule has 0 saturated carbocycles. The van der Waals surface area contributed by atoms with Crippen LogP contribution < -0.4 is 0 Å². The predicted molar refractivity (Wildman–Crippen MR) is 57.9 cm³/mol. The van der Waals surface area contributed by atoms with Crippen LogP contribution in [-0.4, -0.2) is 5.75 Å². The van der Waals surface area contributed by atoms with Crippen molar-refractivity contribution >= 4 is 12.6 Å². The average Bonchev–Trinajstić information content (AvgIpc) is 2.07. The molecular formula is C11H16S. The third-order valence-corrected chi connectivity index (χ3v) is 2.62. The van der Waals surface area contributed by atoms with Crippen LogP contribution in [0.25, 0.3) is 0 Å². The smallest absolute Gasteiger partial charge is 0.00264 e. The highest BCUT2D eigenvalue weighted by Gasteiger charge is 2.12. The summed E-state index contributed by atoms with van der Waals surface area (Å²) in [5, 5.41) is 0. The van der Waals surface area contributed by atoms with Gasteiger partial charge >= 0.3 is 0 Å². The van der Waals surface area contributed by atoms with Gasteiger partial charge in [0.1, 0.15) is 0 Å². The van der Waals surface area contributed by atoms with Crippen LogP contribution in [0.15, 0.2) is 30.3 Å². The highest BCUT2D eigenvalue weighted by molar-refractivity contribution is 7.80. The van der Waals surface area contributed by atoms with E-state index in [2.05, 4.69) is 56.8 Å². The number of thiol groups is 1. The summed E-state index contributed by atoms with van der Waals surface area (Å²) in [6, 6.07) is 10.6. The molecule has 1 unspecified atom stereocenters. The lowest BCUT2D eigenvalue weighted by molar-refractivity contribution is 0.543. The molecule has 0 saturated heterocycles. The first kappa shape index (κ1) is 9.66.